The molecule has 2 aromatic heterocycles. The van der Waals surface area contributed by atoms with Gasteiger partial charge in [-0.2, -0.15) is 5.10 Å². The summed E-state index contributed by atoms with van der Waals surface area (Å²) in [5, 5.41) is 13.3. The Bertz CT molecular complexity index is 892. The first kappa shape index (κ1) is 19.2. The van der Waals surface area contributed by atoms with Crippen molar-refractivity contribution in [1.82, 2.24) is 15.5 Å². The minimum atomic E-state index is -0.208. The highest BCUT2D eigenvalue weighted by atomic mass is 35.5. The first-order chi connectivity index (χ1) is 12.8. The van der Waals surface area contributed by atoms with Gasteiger partial charge in [-0.15, -0.1) is 12.4 Å². The van der Waals surface area contributed by atoms with Crippen LogP contribution in [0.15, 0.2) is 47.1 Å². The predicted octanol–water partition coefficient (Wildman–Crippen LogP) is 3.04. The monoisotopic (exact) mass is 388 g/mol. The second-order valence-corrected chi connectivity index (χ2v) is 6.18. The number of carbonyl (C=O) groups excluding carboxylic acids is 1. The zero-order valence-electron chi connectivity index (χ0n) is 14.7. The van der Waals surface area contributed by atoms with Crippen LogP contribution in [0.1, 0.15) is 33.1 Å². The van der Waals surface area contributed by atoms with Gasteiger partial charge in [-0.05, 0) is 29.8 Å². The van der Waals surface area contributed by atoms with E-state index >= 15 is 0 Å². The van der Waals surface area contributed by atoms with E-state index in [4.69, 9.17) is 9.15 Å². The number of ether oxygens (including phenoxy) is 1. The lowest BCUT2D eigenvalue weighted by atomic mass is 10.1. The fourth-order valence-electron chi connectivity index (χ4n) is 3.01. The van der Waals surface area contributed by atoms with Crippen LogP contribution in [-0.2, 0) is 30.9 Å². The van der Waals surface area contributed by atoms with E-state index in [1.807, 2.05) is 36.4 Å². The van der Waals surface area contributed by atoms with Crippen LogP contribution in [0, 0.1) is 0 Å². The van der Waals surface area contributed by atoms with Crippen molar-refractivity contribution < 1.29 is 13.9 Å². The quantitative estimate of drug-likeness (QED) is 0.603. The maximum absolute atomic E-state index is 12.6. The second kappa shape index (κ2) is 8.85. The number of carbonyl (C=O) groups is 1. The van der Waals surface area contributed by atoms with Crippen LogP contribution in [0.2, 0.25) is 0 Å². The Morgan fingerprint density at radius 1 is 1.26 bits per heavy atom. The van der Waals surface area contributed by atoms with Crippen LogP contribution in [0.3, 0.4) is 0 Å². The molecule has 0 saturated carbocycles. The number of rotatable bonds is 6. The van der Waals surface area contributed by atoms with E-state index in [0.717, 1.165) is 41.2 Å². The van der Waals surface area contributed by atoms with Gasteiger partial charge in [0.2, 0.25) is 0 Å². The largest absolute Gasteiger partial charge is 0.467 e. The van der Waals surface area contributed by atoms with E-state index in [1.165, 1.54) is 0 Å². The van der Waals surface area contributed by atoms with Crippen molar-refractivity contribution in [1.29, 1.82) is 0 Å². The van der Waals surface area contributed by atoms with Gasteiger partial charge in [-0.25, -0.2) is 0 Å². The number of amides is 1. The highest BCUT2D eigenvalue weighted by molar-refractivity contribution is 6.04. The number of anilines is 1. The third-order valence-electron chi connectivity index (χ3n) is 4.30. The predicted molar refractivity (Wildman–Crippen MR) is 103 cm³/mol. The third-order valence-corrected chi connectivity index (χ3v) is 4.30. The Morgan fingerprint density at radius 2 is 2.19 bits per heavy atom. The molecule has 0 unspecified atom stereocenters. The molecule has 0 atom stereocenters. The minimum Gasteiger partial charge on any atom is -0.467 e. The lowest BCUT2D eigenvalue weighted by molar-refractivity contribution is 0.0929. The van der Waals surface area contributed by atoms with E-state index < -0.39 is 0 Å². The lowest BCUT2D eigenvalue weighted by Crippen LogP contribution is -2.25. The summed E-state index contributed by atoms with van der Waals surface area (Å²) in [6.07, 6.45) is 2.48. The smallest absolute Gasteiger partial charge is 0.276 e. The Balaban J connectivity index is 0.00000210. The van der Waals surface area contributed by atoms with Crippen molar-refractivity contribution in [3.63, 3.8) is 0 Å². The van der Waals surface area contributed by atoms with Gasteiger partial charge in [-0.1, -0.05) is 12.1 Å². The van der Waals surface area contributed by atoms with Crippen molar-refractivity contribution in [2.45, 2.75) is 26.2 Å². The molecule has 0 bridgehead atoms. The Hall–Kier alpha value is -2.61. The molecule has 3 heterocycles. The fraction of sp³-hybridized carbons (Fsp3) is 0.263. The maximum Gasteiger partial charge on any atom is 0.276 e. The Labute approximate surface area is 162 Å². The van der Waals surface area contributed by atoms with Crippen LogP contribution in [0.25, 0.3) is 0 Å². The lowest BCUT2D eigenvalue weighted by Gasteiger charge is -2.13. The number of hydrogen-bond donors (Lipinski definition) is 3. The number of aromatic nitrogens is 2. The first-order valence-electron chi connectivity index (χ1n) is 8.57. The molecule has 3 N–H and O–H groups in total. The molecule has 1 aliphatic rings. The molecule has 1 aliphatic heterocycles. The molecule has 1 amide bonds. The number of halogens is 1. The van der Waals surface area contributed by atoms with Gasteiger partial charge in [0.25, 0.3) is 5.91 Å². The van der Waals surface area contributed by atoms with E-state index in [1.54, 1.807) is 6.26 Å². The molecule has 3 aromatic rings. The van der Waals surface area contributed by atoms with E-state index in [2.05, 4.69) is 20.8 Å². The number of hydrogen-bond acceptors (Lipinski definition) is 5. The van der Waals surface area contributed by atoms with Gasteiger partial charge in [0.15, 0.2) is 5.69 Å². The van der Waals surface area contributed by atoms with E-state index in [9.17, 15) is 4.79 Å². The average Bonchev–Trinajstić information content (AvgIpc) is 3.31. The fourth-order valence-corrected chi connectivity index (χ4v) is 3.01. The highest BCUT2D eigenvalue weighted by Crippen LogP contribution is 2.18. The summed E-state index contributed by atoms with van der Waals surface area (Å²) >= 11 is 0. The van der Waals surface area contributed by atoms with Gasteiger partial charge >= 0.3 is 0 Å². The highest BCUT2D eigenvalue weighted by Gasteiger charge is 2.21. The number of H-pyrrole nitrogens is 1. The average molecular weight is 389 g/mol. The number of nitrogens with one attached hydrogen (secondary N) is 3. The number of fused-ring (bicyclic) bond motifs is 1. The molecular formula is C19H21ClN4O3. The normalized spacial score (nSPS) is 12.9. The zero-order chi connectivity index (χ0) is 17.8. The molecule has 8 heteroatoms. The van der Waals surface area contributed by atoms with Crippen LogP contribution in [0.5, 0.6) is 0 Å². The molecule has 0 saturated heterocycles. The van der Waals surface area contributed by atoms with Crippen molar-refractivity contribution in [3.05, 3.63) is 70.9 Å². The van der Waals surface area contributed by atoms with Crippen LogP contribution < -0.4 is 10.6 Å². The summed E-state index contributed by atoms with van der Waals surface area (Å²) in [5.74, 6) is 0.575. The van der Waals surface area contributed by atoms with Gasteiger partial charge in [-0.3, -0.25) is 9.89 Å². The van der Waals surface area contributed by atoms with Crippen molar-refractivity contribution in [2.75, 3.05) is 11.9 Å². The van der Waals surface area contributed by atoms with Crippen LogP contribution in [0.4, 0.5) is 5.69 Å². The number of benzene rings is 1. The molecule has 0 fully saturated rings. The molecule has 4 rings (SSSR count). The Kier molecular flexibility index (Phi) is 6.28. The molecule has 0 aliphatic carbocycles. The number of nitrogens with zero attached hydrogens (tertiary/aromatic N) is 1. The van der Waals surface area contributed by atoms with Crippen LogP contribution in [-0.4, -0.2) is 22.6 Å². The van der Waals surface area contributed by atoms with Crippen LogP contribution >= 0.6 is 12.4 Å². The third kappa shape index (κ3) is 4.57. The van der Waals surface area contributed by atoms with E-state index in [-0.39, 0.29) is 18.3 Å². The topological polar surface area (TPSA) is 92.2 Å². The molecule has 1 aromatic carbocycles. The van der Waals surface area contributed by atoms with Gasteiger partial charge < -0.3 is 19.8 Å². The van der Waals surface area contributed by atoms with Gasteiger partial charge in [0.05, 0.1) is 12.9 Å². The Morgan fingerprint density at radius 3 is 3.04 bits per heavy atom. The van der Waals surface area contributed by atoms with Crippen molar-refractivity contribution >= 4 is 24.0 Å². The van der Waals surface area contributed by atoms with Crippen molar-refractivity contribution in [2.24, 2.45) is 0 Å². The first-order valence-corrected chi connectivity index (χ1v) is 8.57. The SMILES string of the molecule is Cl.O=C(Nc1cccc(COCc2ccco2)c1)c1n[nH]c2c1CNCC2. The minimum absolute atomic E-state index is 0. The molecule has 0 spiro atoms. The summed E-state index contributed by atoms with van der Waals surface area (Å²) in [5.41, 5.74) is 4.13. The summed E-state index contributed by atoms with van der Waals surface area (Å²) in [4.78, 5) is 12.6. The van der Waals surface area contributed by atoms with Gasteiger partial charge in [0.1, 0.15) is 12.4 Å². The van der Waals surface area contributed by atoms with Crippen molar-refractivity contribution in [3.8, 4) is 0 Å². The van der Waals surface area contributed by atoms with Gasteiger partial charge in [0, 0.05) is 36.5 Å². The molecule has 0 radical (unpaired) electrons. The second-order valence-electron chi connectivity index (χ2n) is 6.18. The number of aromatic amines is 1. The molecule has 7 nitrogen and oxygen atoms in total. The molecular weight excluding hydrogens is 368 g/mol. The standard InChI is InChI=1S/C19H20N4O3.ClH/c24-19(18-16-10-20-7-6-17(16)22-23-18)21-14-4-1-3-13(9-14)11-25-12-15-5-2-8-26-15;/h1-5,8-9,20H,6-7,10-12H2,(H,21,24)(H,22,23);1H. The summed E-state index contributed by atoms with van der Waals surface area (Å²) < 4.78 is 10.9. The van der Waals surface area contributed by atoms with E-state index in [0.29, 0.717) is 25.5 Å². The zero-order valence-corrected chi connectivity index (χ0v) is 15.5. The molecule has 142 valence electrons. The maximum atomic E-state index is 12.6. The molecule has 27 heavy (non-hydrogen) atoms. The number of furan rings is 1. The summed E-state index contributed by atoms with van der Waals surface area (Å²) in [6.45, 7) is 2.41. The summed E-state index contributed by atoms with van der Waals surface area (Å²) in [7, 11) is 0. The summed E-state index contributed by atoms with van der Waals surface area (Å²) in [6, 6.07) is 11.3.